The number of hydrogen-bond acceptors (Lipinski definition) is 3. The molecule has 0 amide bonds. The van der Waals surface area contributed by atoms with E-state index in [1.165, 1.54) is 25.5 Å². The quantitative estimate of drug-likeness (QED) is 0.701. The SMILES string of the molecule is CCCNCC1CCC(C(C)C)CC1CCS(C)(=O)=O. The summed E-state index contributed by atoms with van der Waals surface area (Å²) < 4.78 is 22.9. The molecule has 3 unspecified atom stereocenters. The van der Waals surface area contributed by atoms with Gasteiger partial charge in [-0.15, -0.1) is 0 Å². The average Bonchev–Trinajstić information content (AvgIpc) is 2.36. The van der Waals surface area contributed by atoms with Crippen molar-refractivity contribution >= 4 is 9.84 Å². The maximum atomic E-state index is 11.4. The summed E-state index contributed by atoms with van der Waals surface area (Å²) in [4.78, 5) is 0. The molecule has 3 atom stereocenters. The summed E-state index contributed by atoms with van der Waals surface area (Å²) >= 11 is 0. The molecule has 0 aromatic heterocycles. The number of hydrogen-bond donors (Lipinski definition) is 1. The van der Waals surface area contributed by atoms with Gasteiger partial charge < -0.3 is 5.32 Å². The number of rotatable bonds is 8. The first-order valence-electron chi connectivity index (χ1n) is 8.22. The van der Waals surface area contributed by atoms with Crippen molar-refractivity contribution < 1.29 is 8.42 Å². The second kappa shape index (κ2) is 8.38. The molecular weight excluding hydrogens is 270 g/mol. The summed E-state index contributed by atoms with van der Waals surface area (Å²) in [5.41, 5.74) is 0. The van der Waals surface area contributed by atoms with E-state index < -0.39 is 9.84 Å². The van der Waals surface area contributed by atoms with Crippen LogP contribution in [0.3, 0.4) is 0 Å². The van der Waals surface area contributed by atoms with Crippen molar-refractivity contribution in [2.45, 2.75) is 52.9 Å². The van der Waals surface area contributed by atoms with Gasteiger partial charge in [-0.05, 0) is 68.9 Å². The van der Waals surface area contributed by atoms with Gasteiger partial charge in [-0.3, -0.25) is 0 Å². The van der Waals surface area contributed by atoms with Crippen LogP contribution in [0, 0.1) is 23.7 Å². The van der Waals surface area contributed by atoms with E-state index in [1.807, 2.05) is 0 Å². The Morgan fingerprint density at radius 1 is 1.20 bits per heavy atom. The van der Waals surface area contributed by atoms with Crippen molar-refractivity contribution in [3.05, 3.63) is 0 Å². The number of sulfone groups is 1. The van der Waals surface area contributed by atoms with Crippen LogP contribution in [-0.4, -0.2) is 33.5 Å². The molecule has 1 rings (SSSR count). The van der Waals surface area contributed by atoms with Gasteiger partial charge in [0.1, 0.15) is 9.84 Å². The van der Waals surface area contributed by atoms with Crippen molar-refractivity contribution in [3.63, 3.8) is 0 Å². The Morgan fingerprint density at radius 3 is 2.45 bits per heavy atom. The molecule has 0 saturated heterocycles. The topological polar surface area (TPSA) is 46.2 Å². The van der Waals surface area contributed by atoms with Crippen molar-refractivity contribution in [3.8, 4) is 0 Å². The van der Waals surface area contributed by atoms with E-state index in [0.29, 0.717) is 17.6 Å². The van der Waals surface area contributed by atoms with Crippen LogP contribution in [-0.2, 0) is 9.84 Å². The van der Waals surface area contributed by atoms with Gasteiger partial charge in [-0.2, -0.15) is 0 Å². The first-order chi connectivity index (χ1) is 9.33. The Morgan fingerprint density at radius 2 is 1.90 bits per heavy atom. The molecule has 1 aliphatic carbocycles. The van der Waals surface area contributed by atoms with E-state index in [1.54, 1.807) is 0 Å². The molecule has 1 N–H and O–H groups in total. The minimum Gasteiger partial charge on any atom is -0.316 e. The smallest absolute Gasteiger partial charge is 0.147 e. The molecule has 0 aromatic carbocycles. The molecule has 20 heavy (non-hydrogen) atoms. The lowest BCUT2D eigenvalue weighted by atomic mass is 9.69. The lowest BCUT2D eigenvalue weighted by Crippen LogP contribution is -2.35. The van der Waals surface area contributed by atoms with Crippen LogP contribution >= 0.6 is 0 Å². The third-order valence-electron chi connectivity index (χ3n) is 4.82. The summed E-state index contributed by atoms with van der Waals surface area (Å²) in [6.07, 6.45) is 7.15. The van der Waals surface area contributed by atoms with Gasteiger partial charge in [0.15, 0.2) is 0 Å². The molecule has 0 bridgehead atoms. The minimum atomic E-state index is -2.83. The highest BCUT2D eigenvalue weighted by atomic mass is 32.2. The molecule has 0 heterocycles. The normalized spacial score (nSPS) is 27.9. The van der Waals surface area contributed by atoms with Crippen LogP contribution in [0.4, 0.5) is 0 Å². The lowest BCUT2D eigenvalue weighted by Gasteiger charge is -2.38. The van der Waals surface area contributed by atoms with Gasteiger partial charge >= 0.3 is 0 Å². The third-order valence-corrected chi connectivity index (χ3v) is 5.79. The summed E-state index contributed by atoms with van der Waals surface area (Å²) in [6.45, 7) is 8.92. The van der Waals surface area contributed by atoms with Crippen LogP contribution in [0.15, 0.2) is 0 Å². The van der Waals surface area contributed by atoms with E-state index >= 15 is 0 Å². The lowest BCUT2D eigenvalue weighted by molar-refractivity contribution is 0.142. The predicted octanol–water partition coefficient (Wildman–Crippen LogP) is 3.11. The second-order valence-corrected chi connectivity index (χ2v) is 9.22. The standard InChI is InChI=1S/C16H33NO2S/c1-5-9-17-12-16-7-6-14(13(2)3)11-15(16)8-10-20(4,18)19/h13-17H,5-12H2,1-4H3. The van der Waals surface area contributed by atoms with Crippen LogP contribution < -0.4 is 5.32 Å². The summed E-state index contributed by atoms with van der Waals surface area (Å²) in [5.74, 6) is 3.10. The Bertz CT molecular complexity index is 365. The van der Waals surface area contributed by atoms with E-state index in [-0.39, 0.29) is 0 Å². The van der Waals surface area contributed by atoms with E-state index in [2.05, 4.69) is 26.1 Å². The molecule has 0 aliphatic heterocycles. The molecule has 120 valence electrons. The Balaban J connectivity index is 2.56. The van der Waals surface area contributed by atoms with Crippen molar-refractivity contribution in [2.24, 2.45) is 23.7 Å². The number of nitrogens with one attached hydrogen (secondary N) is 1. The molecule has 0 spiro atoms. The highest BCUT2D eigenvalue weighted by Crippen LogP contribution is 2.39. The van der Waals surface area contributed by atoms with Gasteiger partial charge in [-0.25, -0.2) is 8.42 Å². The van der Waals surface area contributed by atoms with Crippen molar-refractivity contribution in [2.75, 3.05) is 25.1 Å². The Kier molecular flexibility index (Phi) is 7.52. The van der Waals surface area contributed by atoms with Gasteiger partial charge in [0.2, 0.25) is 0 Å². The second-order valence-electron chi connectivity index (χ2n) is 6.96. The average molecular weight is 304 g/mol. The molecule has 1 saturated carbocycles. The first kappa shape index (κ1) is 18.0. The van der Waals surface area contributed by atoms with Crippen molar-refractivity contribution in [1.82, 2.24) is 5.32 Å². The molecule has 0 radical (unpaired) electrons. The summed E-state index contributed by atoms with van der Waals surface area (Å²) in [7, 11) is -2.83. The highest BCUT2D eigenvalue weighted by molar-refractivity contribution is 7.90. The summed E-state index contributed by atoms with van der Waals surface area (Å²) in [6, 6.07) is 0. The minimum absolute atomic E-state index is 0.354. The monoisotopic (exact) mass is 303 g/mol. The van der Waals surface area contributed by atoms with Gasteiger partial charge in [0, 0.05) is 6.26 Å². The molecular formula is C16H33NO2S. The van der Waals surface area contributed by atoms with Crippen LogP contribution in [0.1, 0.15) is 52.9 Å². The largest absolute Gasteiger partial charge is 0.316 e. The fourth-order valence-electron chi connectivity index (χ4n) is 3.42. The maximum Gasteiger partial charge on any atom is 0.147 e. The fraction of sp³-hybridized carbons (Fsp3) is 1.00. The van der Waals surface area contributed by atoms with Crippen LogP contribution in [0.25, 0.3) is 0 Å². The fourth-order valence-corrected chi connectivity index (χ4v) is 4.15. The molecule has 1 aliphatic rings. The zero-order chi connectivity index (χ0) is 15.2. The van der Waals surface area contributed by atoms with E-state index in [0.717, 1.165) is 37.8 Å². The molecule has 3 nitrogen and oxygen atoms in total. The molecule has 1 fully saturated rings. The van der Waals surface area contributed by atoms with Crippen LogP contribution in [0.2, 0.25) is 0 Å². The zero-order valence-corrected chi connectivity index (χ0v) is 14.5. The van der Waals surface area contributed by atoms with E-state index in [9.17, 15) is 8.42 Å². The Hall–Kier alpha value is -0.0900. The maximum absolute atomic E-state index is 11.4. The zero-order valence-electron chi connectivity index (χ0n) is 13.7. The van der Waals surface area contributed by atoms with Crippen molar-refractivity contribution in [1.29, 1.82) is 0 Å². The Labute approximate surface area is 125 Å². The summed E-state index contributed by atoms with van der Waals surface area (Å²) in [5, 5.41) is 3.53. The van der Waals surface area contributed by atoms with Gasteiger partial charge in [0.05, 0.1) is 5.75 Å². The third kappa shape index (κ3) is 6.57. The molecule has 4 heteroatoms. The van der Waals surface area contributed by atoms with Crippen LogP contribution in [0.5, 0.6) is 0 Å². The van der Waals surface area contributed by atoms with Gasteiger partial charge in [-0.1, -0.05) is 20.8 Å². The van der Waals surface area contributed by atoms with Gasteiger partial charge in [0.25, 0.3) is 0 Å². The van der Waals surface area contributed by atoms with E-state index in [4.69, 9.17) is 0 Å². The molecule has 0 aromatic rings. The first-order valence-corrected chi connectivity index (χ1v) is 10.3. The predicted molar refractivity (Wildman–Crippen MR) is 86.6 cm³/mol. The highest BCUT2D eigenvalue weighted by Gasteiger charge is 2.31.